The molecule has 3 heteroatoms. The Morgan fingerprint density at radius 2 is 1.45 bits per heavy atom. The third-order valence-electron chi connectivity index (χ3n) is 5.24. The fraction of sp³-hybridized carbons (Fsp3) is 0.115. The fourth-order valence-electron chi connectivity index (χ4n) is 3.52. The first-order chi connectivity index (χ1) is 14.1. The highest BCUT2D eigenvalue weighted by atomic mass is 19.1. The highest BCUT2D eigenvalue weighted by Crippen LogP contribution is 2.30. The second-order valence-corrected chi connectivity index (χ2v) is 7.01. The second kappa shape index (κ2) is 7.88. The number of carbonyl (C=O) groups is 1. The van der Waals surface area contributed by atoms with E-state index in [0.717, 1.165) is 33.9 Å². The highest BCUT2D eigenvalue weighted by molar-refractivity contribution is 5.96. The first-order valence-electron chi connectivity index (χ1n) is 9.60. The zero-order valence-electron chi connectivity index (χ0n) is 16.4. The molecule has 0 spiro atoms. The first kappa shape index (κ1) is 18.9. The van der Waals surface area contributed by atoms with Gasteiger partial charge < -0.3 is 4.74 Å². The minimum Gasteiger partial charge on any atom is -0.465 e. The molecule has 144 valence electrons. The maximum atomic E-state index is 14.9. The molecule has 0 saturated carbocycles. The van der Waals surface area contributed by atoms with Gasteiger partial charge in [-0.15, -0.1) is 0 Å². The molecule has 0 aromatic heterocycles. The minimum absolute atomic E-state index is 0.257. The fourth-order valence-corrected chi connectivity index (χ4v) is 3.52. The maximum Gasteiger partial charge on any atom is 0.337 e. The normalized spacial score (nSPS) is 10.9. The first-order valence-corrected chi connectivity index (χ1v) is 9.60. The Labute approximate surface area is 169 Å². The van der Waals surface area contributed by atoms with Gasteiger partial charge in [0.1, 0.15) is 5.82 Å². The van der Waals surface area contributed by atoms with E-state index in [0.29, 0.717) is 11.1 Å². The summed E-state index contributed by atoms with van der Waals surface area (Å²) in [6.45, 7) is 2.11. The number of halogens is 1. The van der Waals surface area contributed by atoms with Crippen molar-refractivity contribution in [2.24, 2.45) is 0 Å². The van der Waals surface area contributed by atoms with Crippen molar-refractivity contribution in [3.05, 3.63) is 95.8 Å². The van der Waals surface area contributed by atoms with E-state index in [1.54, 1.807) is 18.2 Å². The zero-order chi connectivity index (χ0) is 20.4. The molecule has 0 aliphatic heterocycles. The van der Waals surface area contributed by atoms with Gasteiger partial charge >= 0.3 is 5.97 Å². The predicted molar refractivity (Wildman–Crippen MR) is 115 cm³/mol. The van der Waals surface area contributed by atoms with Crippen molar-refractivity contribution in [1.82, 2.24) is 0 Å². The Balaban J connectivity index is 1.68. The number of hydrogen-bond acceptors (Lipinski definition) is 2. The Morgan fingerprint density at radius 1 is 0.793 bits per heavy atom. The lowest BCUT2D eigenvalue weighted by atomic mass is 9.96. The lowest BCUT2D eigenvalue weighted by molar-refractivity contribution is 0.0601. The highest BCUT2D eigenvalue weighted by Gasteiger charge is 2.10. The molecule has 0 aliphatic carbocycles. The van der Waals surface area contributed by atoms with Crippen LogP contribution in [0.2, 0.25) is 0 Å². The van der Waals surface area contributed by atoms with Gasteiger partial charge in [-0.25, -0.2) is 9.18 Å². The van der Waals surface area contributed by atoms with Crippen LogP contribution in [0.15, 0.2) is 78.9 Å². The van der Waals surface area contributed by atoms with E-state index in [2.05, 4.69) is 19.1 Å². The molecule has 0 fully saturated rings. The van der Waals surface area contributed by atoms with Gasteiger partial charge in [-0.05, 0) is 63.7 Å². The molecular weight excluding hydrogens is 363 g/mol. The van der Waals surface area contributed by atoms with Crippen molar-refractivity contribution in [3.8, 4) is 22.3 Å². The van der Waals surface area contributed by atoms with Crippen LogP contribution in [0.3, 0.4) is 0 Å². The van der Waals surface area contributed by atoms with Crippen molar-refractivity contribution in [3.63, 3.8) is 0 Å². The van der Waals surface area contributed by atoms with E-state index in [9.17, 15) is 9.18 Å². The van der Waals surface area contributed by atoms with E-state index < -0.39 is 0 Å². The second-order valence-electron chi connectivity index (χ2n) is 7.01. The predicted octanol–water partition coefficient (Wildman–Crippen LogP) is 6.66. The smallest absolute Gasteiger partial charge is 0.337 e. The standard InChI is InChI=1S/C26H21FO2/c1-3-17-4-6-18(7-5-17)21-12-13-24(25(27)16-21)22-10-8-20-15-23(26(28)29-2)11-9-19(20)14-22/h4-16H,3H2,1-2H3. The topological polar surface area (TPSA) is 26.3 Å². The van der Waals surface area contributed by atoms with Gasteiger partial charge in [0.15, 0.2) is 0 Å². The van der Waals surface area contributed by atoms with Crippen LogP contribution in [0.4, 0.5) is 4.39 Å². The third-order valence-corrected chi connectivity index (χ3v) is 5.24. The number of esters is 1. The molecule has 0 heterocycles. The number of rotatable bonds is 4. The van der Waals surface area contributed by atoms with E-state index in [1.165, 1.54) is 12.7 Å². The molecule has 4 aromatic carbocycles. The largest absolute Gasteiger partial charge is 0.465 e. The van der Waals surface area contributed by atoms with E-state index in [-0.39, 0.29) is 11.8 Å². The van der Waals surface area contributed by atoms with Gasteiger partial charge in [0.25, 0.3) is 0 Å². The van der Waals surface area contributed by atoms with Crippen LogP contribution in [-0.4, -0.2) is 13.1 Å². The monoisotopic (exact) mass is 384 g/mol. The lowest BCUT2D eigenvalue weighted by Crippen LogP contribution is -2.00. The summed E-state index contributed by atoms with van der Waals surface area (Å²) < 4.78 is 19.7. The lowest BCUT2D eigenvalue weighted by Gasteiger charge is -2.09. The summed E-state index contributed by atoms with van der Waals surface area (Å²) in [5.74, 6) is -0.628. The van der Waals surface area contributed by atoms with Crippen LogP contribution >= 0.6 is 0 Å². The number of fused-ring (bicyclic) bond motifs is 1. The van der Waals surface area contributed by atoms with Crippen LogP contribution in [0.1, 0.15) is 22.8 Å². The van der Waals surface area contributed by atoms with Crippen LogP contribution < -0.4 is 0 Å². The summed E-state index contributed by atoms with van der Waals surface area (Å²) >= 11 is 0. The van der Waals surface area contributed by atoms with Crippen molar-refractivity contribution in [2.45, 2.75) is 13.3 Å². The summed E-state index contributed by atoms with van der Waals surface area (Å²) in [7, 11) is 1.36. The number of methoxy groups -OCH3 is 1. The summed E-state index contributed by atoms with van der Waals surface area (Å²) in [4.78, 5) is 11.7. The van der Waals surface area contributed by atoms with E-state index >= 15 is 0 Å². The number of benzene rings is 4. The Hall–Kier alpha value is -3.46. The minimum atomic E-state index is -0.371. The third kappa shape index (κ3) is 3.77. The van der Waals surface area contributed by atoms with E-state index in [1.807, 2.05) is 48.5 Å². The molecule has 4 rings (SSSR count). The molecule has 0 atom stereocenters. The van der Waals surface area contributed by atoms with Crippen molar-refractivity contribution < 1.29 is 13.9 Å². The molecule has 4 aromatic rings. The summed E-state index contributed by atoms with van der Waals surface area (Å²) in [5, 5.41) is 1.85. The summed E-state index contributed by atoms with van der Waals surface area (Å²) in [6.07, 6.45) is 0.983. The van der Waals surface area contributed by atoms with Gasteiger partial charge in [-0.2, -0.15) is 0 Å². The molecule has 0 N–H and O–H groups in total. The quantitative estimate of drug-likeness (QED) is 0.368. The molecule has 0 saturated heterocycles. The van der Waals surface area contributed by atoms with Crippen molar-refractivity contribution >= 4 is 16.7 Å². The van der Waals surface area contributed by atoms with Crippen LogP contribution in [0.25, 0.3) is 33.0 Å². The summed E-state index contributed by atoms with van der Waals surface area (Å²) in [6, 6.07) is 24.6. The Kier molecular flexibility index (Phi) is 5.13. The number of hydrogen-bond donors (Lipinski definition) is 0. The number of aryl methyl sites for hydroxylation is 1. The Morgan fingerprint density at radius 3 is 2.14 bits per heavy atom. The molecule has 0 unspecified atom stereocenters. The number of ether oxygens (including phenoxy) is 1. The van der Waals surface area contributed by atoms with Gasteiger partial charge in [0.05, 0.1) is 12.7 Å². The van der Waals surface area contributed by atoms with Gasteiger partial charge in [0.2, 0.25) is 0 Å². The van der Waals surface area contributed by atoms with Gasteiger partial charge in [0, 0.05) is 5.56 Å². The van der Waals surface area contributed by atoms with Gasteiger partial charge in [-0.1, -0.05) is 61.5 Å². The molecule has 0 bridgehead atoms. The average molecular weight is 384 g/mol. The van der Waals surface area contributed by atoms with Crippen LogP contribution in [0, 0.1) is 5.82 Å². The Bertz CT molecular complexity index is 1190. The molecule has 0 radical (unpaired) electrons. The molecular formula is C26H21FO2. The van der Waals surface area contributed by atoms with Crippen LogP contribution in [-0.2, 0) is 11.2 Å². The SMILES string of the molecule is CCc1ccc(-c2ccc(-c3ccc4cc(C(=O)OC)ccc4c3)c(F)c2)cc1. The molecule has 0 aliphatic rings. The van der Waals surface area contributed by atoms with E-state index in [4.69, 9.17) is 4.74 Å². The molecule has 2 nitrogen and oxygen atoms in total. The maximum absolute atomic E-state index is 14.9. The van der Waals surface area contributed by atoms with Crippen molar-refractivity contribution in [2.75, 3.05) is 7.11 Å². The van der Waals surface area contributed by atoms with Crippen molar-refractivity contribution in [1.29, 1.82) is 0 Å². The van der Waals surface area contributed by atoms with Crippen LogP contribution in [0.5, 0.6) is 0 Å². The molecule has 0 amide bonds. The zero-order valence-corrected chi connectivity index (χ0v) is 16.4. The summed E-state index contributed by atoms with van der Waals surface area (Å²) in [5.41, 5.74) is 4.97. The number of carbonyl (C=O) groups excluding carboxylic acids is 1. The average Bonchev–Trinajstić information content (AvgIpc) is 2.77. The molecule has 29 heavy (non-hydrogen) atoms. The van der Waals surface area contributed by atoms with Gasteiger partial charge in [-0.3, -0.25) is 0 Å².